The molecule has 1 aromatic rings. The van der Waals surface area contributed by atoms with Gasteiger partial charge in [0.15, 0.2) is 0 Å². The summed E-state index contributed by atoms with van der Waals surface area (Å²) in [6.07, 6.45) is 0. The summed E-state index contributed by atoms with van der Waals surface area (Å²) < 4.78 is 27.2. The van der Waals surface area contributed by atoms with Gasteiger partial charge in [0.25, 0.3) is 0 Å². The molecule has 1 aromatic carbocycles. The summed E-state index contributed by atoms with van der Waals surface area (Å²) in [7, 11) is -3.22. The number of rotatable bonds is 3. The van der Waals surface area contributed by atoms with Crippen LogP contribution in [0.4, 0.5) is 0 Å². The fourth-order valence-corrected chi connectivity index (χ4v) is 4.15. The molecular weight excluding hydrogens is 316 g/mol. The SMILES string of the molecule is C[C@H]1CNCCN1S(=O)(=O)Cc1ccc(Br)cc1. The van der Waals surface area contributed by atoms with Crippen LogP contribution in [0, 0.1) is 0 Å². The molecule has 0 saturated carbocycles. The van der Waals surface area contributed by atoms with Gasteiger partial charge in [-0.05, 0) is 24.6 Å². The smallest absolute Gasteiger partial charge is 0.218 e. The zero-order valence-corrected chi connectivity index (χ0v) is 12.7. The van der Waals surface area contributed by atoms with E-state index in [1.165, 1.54) is 0 Å². The first-order valence-corrected chi connectivity index (χ1v) is 8.34. The Bertz CT molecular complexity index is 501. The van der Waals surface area contributed by atoms with Crippen molar-refractivity contribution in [1.29, 1.82) is 0 Å². The van der Waals surface area contributed by atoms with E-state index in [4.69, 9.17) is 0 Å². The zero-order valence-electron chi connectivity index (χ0n) is 10.3. The van der Waals surface area contributed by atoms with E-state index in [1.54, 1.807) is 4.31 Å². The van der Waals surface area contributed by atoms with Gasteiger partial charge >= 0.3 is 0 Å². The van der Waals surface area contributed by atoms with Crippen molar-refractivity contribution in [3.05, 3.63) is 34.3 Å². The van der Waals surface area contributed by atoms with Crippen LogP contribution in [0.25, 0.3) is 0 Å². The van der Waals surface area contributed by atoms with Gasteiger partial charge in [0.2, 0.25) is 10.0 Å². The van der Waals surface area contributed by atoms with E-state index in [0.717, 1.165) is 23.1 Å². The number of benzene rings is 1. The van der Waals surface area contributed by atoms with Crippen molar-refractivity contribution in [2.75, 3.05) is 19.6 Å². The number of sulfonamides is 1. The summed E-state index contributed by atoms with van der Waals surface area (Å²) in [6, 6.07) is 7.44. The van der Waals surface area contributed by atoms with Gasteiger partial charge in [0.1, 0.15) is 0 Å². The number of hydrogen-bond acceptors (Lipinski definition) is 3. The predicted octanol–water partition coefficient (Wildman–Crippen LogP) is 1.57. The van der Waals surface area contributed by atoms with Gasteiger partial charge in [-0.3, -0.25) is 0 Å². The Morgan fingerprint density at radius 3 is 2.67 bits per heavy atom. The van der Waals surface area contributed by atoms with Crippen LogP contribution in [-0.4, -0.2) is 38.4 Å². The van der Waals surface area contributed by atoms with Crippen LogP contribution >= 0.6 is 15.9 Å². The summed E-state index contributed by atoms with van der Waals surface area (Å²) in [5, 5.41) is 3.20. The molecule has 1 fully saturated rings. The molecule has 0 aromatic heterocycles. The molecule has 100 valence electrons. The third kappa shape index (κ3) is 3.32. The summed E-state index contributed by atoms with van der Waals surface area (Å²) in [5.74, 6) is 0.0740. The van der Waals surface area contributed by atoms with Crippen LogP contribution in [0.3, 0.4) is 0 Å². The maximum absolute atomic E-state index is 12.3. The van der Waals surface area contributed by atoms with Crippen LogP contribution < -0.4 is 5.32 Å². The molecule has 4 nitrogen and oxygen atoms in total. The second kappa shape index (κ2) is 5.69. The number of halogens is 1. The summed E-state index contributed by atoms with van der Waals surface area (Å²) >= 11 is 3.34. The van der Waals surface area contributed by atoms with Crippen molar-refractivity contribution < 1.29 is 8.42 Å². The highest BCUT2D eigenvalue weighted by atomic mass is 79.9. The van der Waals surface area contributed by atoms with Gasteiger partial charge in [-0.2, -0.15) is 4.31 Å². The third-order valence-corrected chi connectivity index (χ3v) is 5.54. The van der Waals surface area contributed by atoms with Crippen molar-refractivity contribution in [2.45, 2.75) is 18.7 Å². The van der Waals surface area contributed by atoms with E-state index in [-0.39, 0.29) is 11.8 Å². The fourth-order valence-electron chi connectivity index (χ4n) is 2.11. The Morgan fingerprint density at radius 2 is 2.06 bits per heavy atom. The molecule has 1 atom stereocenters. The Morgan fingerprint density at radius 1 is 1.39 bits per heavy atom. The van der Waals surface area contributed by atoms with Gasteiger partial charge in [-0.1, -0.05) is 28.1 Å². The second-order valence-electron chi connectivity index (χ2n) is 4.55. The first-order valence-electron chi connectivity index (χ1n) is 5.94. The van der Waals surface area contributed by atoms with E-state index in [0.29, 0.717) is 6.54 Å². The van der Waals surface area contributed by atoms with Crippen LogP contribution in [-0.2, 0) is 15.8 Å². The lowest BCUT2D eigenvalue weighted by molar-refractivity contribution is 0.283. The fraction of sp³-hybridized carbons (Fsp3) is 0.500. The second-order valence-corrected chi connectivity index (χ2v) is 7.38. The Balaban J connectivity index is 2.13. The summed E-state index contributed by atoms with van der Waals surface area (Å²) in [5.41, 5.74) is 0.823. The van der Waals surface area contributed by atoms with E-state index >= 15 is 0 Å². The lowest BCUT2D eigenvalue weighted by Gasteiger charge is -2.32. The number of nitrogens with one attached hydrogen (secondary N) is 1. The van der Waals surface area contributed by atoms with Crippen molar-refractivity contribution >= 4 is 26.0 Å². The molecule has 1 saturated heterocycles. The third-order valence-electron chi connectivity index (χ3n) is 3.06. The quantitative estimate of drug-likeness (QED) is 0.914. The largest absolute Gasteiger partial charge is 0.314 e. The molecule has 0 amide bonds. The molecule has 0 spiro atoms. The van der Waals surface area contributed by atoms with Crippen LogP contribution in [0.5, 0.6) is 0 Å². The monoisotopic (exact) mass is 332 g/mol. The maximum Gasteiger partial charge on any atom is 0.218 e. The topological polar surface area (TPSA) is 49.4 Å². The molecule has 1 N–H and O–H groups in total. The van der Waals surface area contributed by atoms with Gasteiger partial charge in [-0.25, -0.2) is 8.42 Å². The van der Waals surface area contributed by atoms with E-state index in [9.17, 15) is 8.42 Å². The van der Waals surface area contributed by atoms with Crippen LogP contribution in [0.2, 0.25) is 0 Å². The normalized spacial score (nSPS) is 22.0. The van der Waals surface area contributed by atoms with Gasteiger partial charge in [0.05, 0.1) is 5.75 Å². The van der Waals surface area contributed by atoms with Crippen molar-refractivity contribution in [1.82, 2.24) is 9.62 Å². The average molecular weight is 333 g/mol. The van der Waals surface area contributed by atoms with E-state index < -0.39 is 10.0 Å². The lowest BCUT2D eigenvalue weighted by atomic mass is 10.2. The number of piperazine rings is 1. The van der Waals surface area contributed by atoms with Crippen LogP contribution in [0.1, 0.15) is 12.5 Å². The predicted molar refractivity (Wildman–Crippen MR) is 75.8 cm³/mol. The molecule has 1 aliphatic heterocycles. The Kier molecular flexibility index (Phi) is 4.42. The molecule has 0 unspecified atom stereocenters. The minimum atomic E-state index is -3.22. The highest BCUT2D eigenvalue weighted by Crippen LogP contribution is 2.17. The van der Waals surface area contributed by atoms with Crippen molar-refractivity contribution in [3.8, 4) is 0 Å². The Hall–Kier alpha value is -0.430. The lowest BCUT2D eigenvalue weighted by Crippen LogP contribution is -2.52. The van der Waals surface area contributed by atoms with Gasteiger partial charge in [-0.15, -0.1) is 0 Å². The number of nitrogens with zero attached hydrogens (tertiary/aromatic N) is 1. The molecule has 0 radical (unpaired) electrons. The highest BCUT2D eigenvalue weighted by Gasteiger charge is 2.29. The average Bonchev–Trinajstić information content (AvgIpc) is 2.32. The van der Waals surface area contributed by atoms with Gasteiger partial charge < -0.3 is 5.32 Å². The molecule has 18 heavy (non-hydrogen) atoms. The highest BCUT2D eigenvalue weighted by molar-refractivity contribution is 9.10. The van der Waals surface area contributed by atoms with Crippen molar-refractivity contribution in [2.24, 2.45) is 0 Å². The zero-order chi connectivity index (χ0) is 13.2. The minimum absolute atomic E-state index is 0.0270. The molecule has 0 bridgehead atoms. The van der Waals surface area contributed by atoms with Crippen LogP contribution in [0.15, 0.2) is 28.7 Å². The first-order chi connectivity index (χ1) is 8.49. The molecular formula is C12H17BrN2O2S. The molecule has 1 heterocycles. The molecule has 0 aliphatic carbocycles. The maximum atomic E-state index is 12.3. The van der Waals surface area contributed by atoms with Crippen molar-refractivity contribution in [3.63, 3.8) is 0 Å². The first kappa shape index (κ1) is 14.0. The van der Waals surface area contributed by atoms with Gasteiger partial charge in [0, 0.05) is 30.1 Å². The number of hydrogen-bond donors (Lipinski definition) is 1. The summed E-state index contributed by atoms with van der Waals surface area (Å²) in [6.45, 7) is 3.94. The molecule has 6 heteroatoms. The Labute approximate surface area is 117 Å². The summed E-state index contributed by atoms with van der Waals surface area (Å²) in [4.78, 5) is 0. The molecule has 2 rings (SSSR count). The minimum Gasteiger partial charge on any atom is -0.314 e. The van der Waals surface area contributed by atoms with E-state index in [2.05, 4.69) is 21.2 Å². The standard InChI is InChI=1S/C12H17BrN2O2S/c1-10-8-14-6-7-15(10)18(16,17)9-11-2-4-12(13)5-3-11/h2-5,10,14H,6-9H2,1H3/t10-/m0/s1. The van der Waals surface area contributed by atoms with E-state index in [1.807, 2.05) is 31.2 Å². The molecule has 1 aliphatic rings.